The van der Waals surface area contributed by atoms with Crippen LogP contribution in [0.5, 0.6) is 0 Å². The van der Waals surface area contributed by atoms with E-state index in [4.69, 9.17) is 0 Å². The third-order valence-corrected chi connectivity index (χ3v) is 2.96. The highest BCUT2D eigenvalue weighted by molar-refractivity contribution is 5.32. The van der Waals surface area contributed by atoms with E-state index in [1.165, 1.54) is 9.08 Å². The van der Waals surface area contributed by atoms with Gasteiger partial charge in [0.1, 0.15) is 5.82 Å². The summed E-state index contributed by atoms with van der Waals surface area (Å²) in [6, 6.07) is 0. The van der Waals surface area contributed by atoms with Crippen molar-refractivity contribution in [1.29, 1.82) is 0 Å². The van der Waals surface area contributed by atoms with Gasteiger partial charge in [-0.1, -0.05) is 6.92 Å². The minimum absolute atomic E-state index is 0.220. The smallest absolute Gasteiger partial charge is 0.350 e. The van der Waals surface area contributed by atoms with Crippen molar-refractivity contribution in [2.45, 2.75) is 19.9 Å². The van der Waals surface area contributed by atoms with Crippen LogP contribution in [-0.4, -0.2) is 35.7 Å². The number of nitrogens with zero attached hydrogens (tertiary/aromatic N) is 6. The van der Waals surface area contributed by atoms with Crippen molar-refractivity contribution >= 4 is 11.5 Å². The third kappa shape index (κ3) is 2.73. The van der Waals surface area contributed by atoms with Gasteiger partial charge in [0.25, 0.3) is 0 Å². The Labute approximate surface area is 120 Å². The number of hydrogen-bond donors (Lipinski definition) is 1. The molecule has 0 aliphatic rings. The molecule has 0 bridgehead atoms. The average Bonchev–Trinajstić information content (AvgIpc) is 2.83. The van der Waals surface area contributed by atoms with Crippen LogP contribution in [-0.2, 0) is 6.54 Å². The Morgan fingerprint density at radius 3 is 2.86 bits per heavy atom. The molecule has 3 aromatic rings. The van der Waals surface area contributed by atoms with Crippen molar-refractivity contribution in [2.75, 3.05) is 11.9 Å². The summed E-state index contributed by atoms with van der Waals surface area (Å²) in [7, 11) is 0. The summed E-state index contributed by atoms with van der Waals surface area (Å²) >= 11 is 0. The molecule has 0 fully saturated rings. The zero-order valence-electron chi connectivity index (χ0n) is 11.6. The first kappa shape index (κ1) is 13.2. The van der Waals surface area contributed by atoms with Crippen molar-refractivity contribution in [3.8, 4) is 0 Å². The highest BCUT2D eigenvalue weighted by Gasteiger charge is 2.07. The number of nitrogens with one attached hydrogen (secondary N) is 1. The number of hydrogen-bond acceptors (Lipinski definition) is 6. The quantitative estimate of drug-likeness (QED) is 0.736. The second-order valence-corrected chi connectivity index (χ2v) is 4.56. The SMILES string of the molecule is CCCNc1cnc(Cn2nc3cnccn3c2=O)cn1. The second kappa shape index (κ2) is 5.70. The molecule has 3 heterocycles. The maximum Gasteiger partial charge on any atom is 0.350 e. The predicted molar refractivity (Wildman–Crippen MR) is 77.2 cm³/mol. The predicted octanol–water partition coefficient (Wildman–Crippen LogP) is 0.551. The van der Waals surface area contributed by atoms with E-state index < -0.39 is 0 Å². The third-order valence-electron chi connectivity index (χ3n) is 2.96. The Balaban J connectivity index is 1.82. The van der Waals surface area contributed by atoms with Gasteiger partial charge in [0, 0.05) is 18.9 Å². The molecule has 0 radical (unpaired) electrons. The molecule has 3 rings (SSSR count). The topological polar surface area (TPSA) is 90.0 Å². The van der Waals surface area contributed by atoms with Gasteiger partial charge in [-0.15, -0.1) is 5.10 Å². The molecule has 0 unspecified atom stereocenters. The first-order valence-electron chi connectivity index (χ1n) is 6.72. The average molecular weight is 285 g/mol. The summed E-state index contributed by atoms with van der Waals surface area (Å²) in [6.07, 6.45) is 9.01. The van der Waals surface area contributed by atoms with Crippen LogP contribution < -0.4 is 11.0 Å². The van der Waals surface area contributed by atoms with E-state index in [2.05, 4.69) is 32.3 Å². The van der Waals surface area contributed by atoms with E-state index in [1.54, 1.807) is 31.0 Å². The van der Waals surface area contributed by atoms with Gasteiger partial charge in [0.2, 0.25) is 0 Å². The van der Waals surface area contributed by atoms with Crippen molar-refractivity contribution in [3.05, 3.63) is 47.2 Å². The summed E-state index contributed by atoms with van der Waals surface area (Å²) in [5.41, 5.74) is 0.967. The van der Waals surface area contributed by atoms with Crippen molar-refractivity contribution in [1.82, 2.24) is 29.1 Å². The van der Waals surface area contributed by atoms with Gasteiger partial charge in [-0.2, -0.15) is 0 Å². The lowest BCUT2D eigenvalue weighted by Crippen LogP contribution is -2.22. The van der Waals surface area contributed by atoms with E-state index in [0.29, 0.717) is 11.3 Å². The van der Waals surface area contributed by atoms with E-state index >= 15 is 0 Å². The van der Waals surface area contributed by atoms with E-state index in [1.807, 2.05) is 0 Å². The van der Waals surface area contributed by atoms with Gasteiger partial charge < -0.3 is 5.32 Å². The molecule has 0 amide bonds. The van der Waals surface area contributed by atoms with Gasteiger partial charge in [-0.25, -0.2) is 18.9 Å². The zero-order chi connectivity index (χ0) is 14.7. The van der Waals surface area contributed by atoms with Crippen LogP contribution in [0.4, 0.5) is 5.82 Å². The van der Waals surface area contributed by atoms with Crippen molar-refractivity contribution in [3.63, 3.8) is 0 Å². The number of rotatable bonds is 5. The van der Waals surface area contributed by atoms with Crippen LogP contribution in [0.1, 0.15) is 19.0 Å². The second-order valence-electron chi connectivity index (χ2n) is 4.56. The maximum atomic E-state index is 12.1. The normalized spacial score (nSPS) is 10.9. The fourth-order valence-corrected chi connectivity index (χ4v) is 1.92. The lowest BCUT2D eigenvalue weighted by atomic mass is 10.4. The number of anilines is 1. The molecule has 0 aliphatic heterocycles. The fraction of sp³-hybridized carbons (Fsp3) is 0.308. The molecule has 0 saturated carbocycles. The molecular weight excluding hydrogens is 270 g/mol. The van der Waals surface area contributed by atoms with Gasteiger partial charge in [0.05, 0.1) is 30.8 Å². The Bertz CT molecular complexity index is 790. The maximum absolute atomic E-state index is 12.1. The summed E-state index contributed by atoms with van der Waals surface area (Å²) in [4.78, 5) is 24.6. The lowest BCUT2D eigenvalue weighted by Gasteiger charge is -2.04. The van der Waals surface area contributed by atoms with Crippen LogP contribution in [0.3, 0.4) is 0 Å². The standard InChI is InChI=1S/C13H15N7O/c1-2-3-15-11-7-16-10(6-17-11)9-20-13(21)19-5-4-14-8-12(19)18-20/h4-8H,2-3,9H2,1H3,(H,15,17). The molecule has 21 heavy (non-hydrogen) atoms. The van der Waals surface area contributed by atoms with Crippen molar-refractivity contribution < 1.29 is 0 Å². The molecule has 108 valence electrons. The molecule has 3 aromatic heterocycles. The van der Waals surface area contributed by atoms with Gasteiger partial charge >= 0.3 is 5.69 Å². The molecule has 8 nitrogen and oxygen atoms in total. The molecule has 0 aliphatic carbocycles. The van der Waals surface area contributed by atoms with Crippen LogP contribution >= 0.6 is 0 Å². The monoisotopic (exact) mass is 285 g/mol. The Morgan fingerprint density at radius 1 is 1.24 bits per heavy atom. The highest BCUT2D eigenvalue weighted by atomic mass is 16.2. The van der Waals surface area contributed by atoms with Gasteiger partial charge in [-0.3, -0.25) is 9.97 Å². The Hall–Kier alpha value is -2.77. The van der Waals surface area contributed by atoms with Crippen molar-refractivity contribution in [2.24, 2.45) is 0 Å². The van der Waals surface area contributed by atoms with E-state index in [-0.39, 0.29) is 12.2 Å². The first-order chi connectivity index (χ1) is 10.3. The molecule has 0 saturated heterocycles. The summed E-state index contributed by atoms with van der Waals surface area (Å²) in [5, 5.41) is 7.35. The number of fused-ring (bicyclic) bond motifs is 1. The molecular formula is C13H15N7O. The Kier molecular flexibility index (Phi) is 3.59. The molecule has 0 spiro atoms. The largest absolute Gasteiger partial charge is 0.369 e. The number of aromatic nitrogens is 6. The minimum Gasteiger partial charge on any atom is -0.369 e. The van der Waals surface area contributed by atoms with Gasteiger partial charge in [-0.05, 0) is 6.42 Å². The minimum atomic E-state index is -0.220. The highest BCUT2D eigenvalue weighted by Crippen LogP contribution is 2.02. The summed E-state index contributed by atoms with van der Waals surface area (Å²) in [5.74, 6) is 0.729. The summed E-state index contributed by atoms with van der Waals surface area (Å²) < 4.78 is 2.79. The zero-order valence-corrected chi connectivity index (χ0v) is 11.6. The van der Waals surface area contributed by atoms with Crippen LogP contribution in [0.2, 0.25) is 0 Å². The lowest BCUT2D eigenvalue weighted by molar-refractivity contribution is 0.644. The Morgan fingerprint density at radius 2 is 2.14 bits per heavy atom. The summed E-state index contributed by atoms with van der Waals surface area (Å²) in [6.45, 7) is 3.22. The van der Waals surface area contributed by atoms with Crippen LogP contribution in [0.25, 0.3) is 5.65 Å². The fourth-order valence-electron chi connectivity index (χ4n) is 1.92. The van der Waals surface area contributed by atoms with E-state index in [0.717, 1.165) is 18.8 Å². The van der Waals surface area contributed by atoms with E-state index in [9.17, 15) is 4.79 Å². The van der Waals surface area contributed by atoms with Gasteiger partial charge in [0.15, 0.2) is 5.65 Å². The van der Waals surface area contributed by atoms with Crippen LogP contribution in [0, 0.1) is 0 Å². The van der Waals surface area contributed by atoms with Crippen LogP contribution in [0.15, 0.2) is 35.8 Å². The molecule has 8 heteroatoms. The molecule has 0 aromatic carbocycles. The first-order valence-corrected chi connectivity index (χ1v) is 6.72. The molecule has 1 N–H and O–H groups in total. The molecule has 0 atom stereocenters.